The van der Waals surface area contributed by atoms with Crippen molar-refractivity contribution >= 4 is 17.7 Å². The number of ether oxygens (including phenoxy) is 2. The van der Waals surface area contributed by atoms with Crippen molar-refractivity contribution < 1.29 is 9.47 Å². The molecule has 0 unspecified atom stereocenters. The highest BCUT2D eigenvalue weighted by Crippen LogP contribution is 2.30. The molecule has 0 aliphatic carbocycles. The summed E-state index contributed by atoms with van der Waals surface area (Å²) in [6, 6.07) is 5.53. The Hall–Kier alpha value is -1.67. The van der Waals surface area contributed by atoms with Crippen molar-refractivity contribution in [3.05, 3.63) is 23.8 Å². The molecule has 1 aromatic carbocycles. The van der Waals surface area contributed by atoms with Crippen molar-refractivity contribution in [2.45, 2.75) is 24.3 Å². The van der Waals surface area contributed by atoms with Crippen molar-refractivity contribution in [1.82, 2.24) is 0 Å². The summed E-state index contributed by atoms with van der Waals surface area (Å²) in [6.45, 7) is 4.59. The van der Waals surface area contributed by atoms with Crippen molar-refractivity contribution in [1.29, 1.82) is 5.26 Å². The second kappa shape index (κ2) is 4.91. The lowest BCUT2D eigenvalue weighted by Gasteiger charge is -2.08. The normalized spacial score (nSPS) is 16.7. The van der Waals surface area contributed by atoms with Crippen LogP contribution in [0.25, 0.3) is 0 Å². The number of aliphatic imine (C=N–C) groups is 1. The fourth-order valence-electron chi connectivity index (χ4n) is 1.66. The Morgan fingerprint density at radius 2 is 2.28 bits per heavy atom. The van der Waals surface area contributed by atoms with Gasteiger partial charge in [-0.25, -0.2) is 4.99 Å². The third kappa shape index (κ3) is 2.59. The summed E-state index contributed by atoms with van der Waals surface area (Å²) in [6.07, 6.45) is 0. The van der Waals surface area contributed by atoms with Crippen LogP contribution in [0.15, 0.2) is 28.1 Å². The van der Waals surface area contributed by atoms with Gasteiger partial charge in [-0.3, -0.25) is 0 Å². The minimum absolute atomic E-state index is 0.205. The molecule has 2 rings (SSSR count). The zero-order chi connectivity index (χ0) is 13.2. The molecule has 4 nitrogen and oxygen atoms in total. The number of rotatable bonds is 3. The van der Waals surface area contributed by atoms with Crippen LogP contribution in [0.4, 0.5) is 0 Å². The summed E-state index contributed by atoms with van der Waals surface area (Å²) in [7, 11) is 1.60. The summed E-state index contributed by atoms with van der Waals surface area (Å²) < 4.78 is 10.8. The minimum atomic E-state index is -0.205. The SMILES string of the molecule is COc1ccc(C2=NC(C)(C)CO2)c(SC#N)c1. The Bertz CT molecular complexity index is 532. The molecule has 1 aliphatic heterocycles. The lowest BCUT2D eigenvalue weighted by molar-refractivity contribution is 0.279. The maximum atomic E-state index is 8.84. The number of benzene rings is 1. The van der Waals surface area contributed by atoms with Crippen LogP contribution in [-0.2, 0) is 4.74 Å². The Morgan fingerprint density at radius 3 is 2.83 bits per heavy atom. The van der Waals surface area contributed by atoms with E-state index < -0.39 is 0 Å². The Morgan fingerprint density at radius 1 is 1.50 bits per heavy atom. The molecule has 0 spiro atoms. The van der Waals surface area contributed by atoms with Gasteiger partial charge in [0.15, 0.2) is 0 Å². The highest BCUT2D eigenvalue weighted by atomic mass is 32.2. The fourth-order valence-corrected chi connectivity index (χ4v) is 2.20. The zero-order valence-electron chi connectivity index (χ0n) is 10.6. The molecular formula is C13H14N2O2S. The first-order valence-electron chi connectivity index (χ1n) is 5.53. The van der Waals surface area contributed by atoms with E-state index in [9.17, 15) is 0 Å². The maximum absolute atomic E-state index is 8.84. The molecule has 0 fully saturated rings. The quantitative estimate of drug-likeness (QED) is 0.621. The molecule has 0 amide bonds. The summed E-state index contributed by atoms with van der Waals surface area (Å²) in [5.41, 5.74) is 0.636. The van der Waals surface area contributed by atoms with E-state index in [2.05, 4.69) is 10.4 Å². The van der Waals surface area contributed by atoms with E-state index in [1.807, 2.05) is 32.0 Å². The third-order valence-electron chi connectivity index (χ3n) is 2.54. The van der Waals surface area contributed by atoms with Gasteiger partial charge in [-0.15, -0.1) is 0 Å². The number of nitriles is 1. The third-order valence-corrected chi connectivity index (χ3v) is 3.19. The van der Waals surface area contributed by atoms with Gasteiger partial charge in [-0.05, 0) is 43.8 Å². The van der Waals surface area contributed by atoms with Crippen LogP contribution < -0.4 is 4.74 Å². The van der Waals surface area contributed by atoms with Crippen molar-refractivity contribution in [3.63, 3.8) is 0 Å². The molecule has 0 bridgehead atoms. The number of nitrogens with zero attached hydrogens (tertiary/aromatic N) is 2. The van der Waals surface area contributed by atoms with E-state index in [0.29, 0.717) is 18.3 Å². The van der Waals surface area contributed by atoms with Crippen LogP contribution in [0.1, 0.15) is 19.4 Å². The van der Waals surface area contributed by atoms with Crippen molar-refractivity contribution in [2.75, 3.05) is 13.7 Å². The van der Waals surface area contributed by atoms with Gasteiger partial charge in [0.25, 0.3) is 0 Å². The minimum Gasteiger partial charge on any atom is -0.497 e. The molecule has 0 N–H and O–H groups in total. The van der Waals surface area contributed by atoms with Gasteiger partial charge in [0.05, 0.1) is 18.2 Å². The first-order chi connectivity index (χ1) is 8.55. The van der Waals surface area contributed by atoms with E-state index >= 15 is 0 Å². The molecule has 0 atom stereocenters. The standard InChI is InChI=1S/C13H14N2O2S/c1-13(2)7-17-12(15-13)10-5-4-9(16-3)6-11(10)18-8-14/h4-6H,7H2,1-3H3. The van der Waals surface area contributed by atoms with Gasteiger partial charge in [0, 0.05) is 4.90 Å². The van der Waals surface area contributed by atoms with Crippen molar-refractivity contribution in [2.24, 2.45) is 4.99 Å². The van der Waals surface area contributed by atoms with Gasteiger partial charge in [0.1, 0.15) is 17.8 Å². The van der Waals surface area contributed by atoms with E-state index in [1.54, 1.807) is 7.11 Å². The van der Waals surface area contributed by atoms with Crippen molar-refractivity contribution in [3.8, 4) is 11.2 Å². The Labute approximate surface area is 111 Å². The number of hydrogen-bond acceptors (Lipinski definition) is 5. The van der Waals surface area contributed by atoms with E-state index in [4.69, 9.17) is 14.7 Å². The number of thiocyanates is 1. The highest BCUT2D eigenvalue weighted by Gasteiger charge is 2.28. The van der Waals surface area contributed by atoms with Crippen LogP contribution in [0.3, 0.4) is 0 Å². The second-order valence-corrected chi connectivity index (χ2v) is 5.40. The number of hydrogen-bond donors (Lipinski definition) is 0. The largest absolute Gasteiger partial charge is 0.497 e. The topological polar surface area (TPSA) is 54.6 Å². The molecule has 0 saturated heterocycles. The molecule has 0 radical (unpaired) electrons. The predicted octanol–water partition coefficient (Wildman–Crippen LogP) is 2.82. The van der Waals surface area contributed by atoms with Crippen LogP contribution >= 0.6 is 11.8 Å². The first kappa shape index (κ1) is 12.8. The molecule has 5 heteroatoms. The molecule has 0 saturated carbocycles. The lowest BCUT2D eigenvalue weighted by Crippen LogP contribution is -2.17. The van der Waals surface area contributed by atoms with Crippen LogP contribution in [0.2, 0.25) is 0 Å². The van der Waals surface area contributed by atoms with Gasteiger partial charge in [0.2, 0.25) is 5.90 Å². The summed E-state index contributed by atoms with van der Waals surface area (Å²) in [5, 5.41) is 10.9. The fraction of sp³-hybridized carbons (Fsp3) is 0.385. The second-order valence-electron chi connectivity index (χ2n) is 4.57. The molecule has 94 valence electrons. The van der Waals surface area contributed by atoms with Gasteiger partial charge < -0.3 is 9.47 Å². The monoisotopic (exact) mass is 262 g/mol. The summed E-state index contributed by atoms with van der Waals surface area (Å²) in [4.78, 5) is 5.32. The predicted molar refractivity (Wildman–Crippen MR) is 71.0 cm³/mol. The van der Waals surface area contributed by atoms with E-state index in [1.165, 1.54) is 0 Å². The first-order valence-corrected chi connectivity index (χ1v) is 6.34. The summed E-state index contributed by atoms with van der Waals surface area (Å²) >= 11 is 1.08. The average molecular weight is 262 g/mol. The zero-order valence-corrected chi connectivity index (χ0v) is 11.4. The Balaban J connectivity index is 2.42. The van der Waals surface area contributed by atoms with Crippen LogP contribution in [-0.4, -0.2) is 25.2 Å². The number of thioether (sulfide) groups is 1. The summed E-state index contributed by atoms with van der Waals surface area (Å²) in [5.74, 6) is 1.31. The van der Waals surface area contributed by atoms with Gasteiger partial charge in [-0.2, -0.15) is 5.26 Å². The smallest absolute Gasteiger partial charge is 0.218 e. The van der Waals surface area contributed by atoms with Gasteiger partial charge in [-0.1, -0.05) is 0 Å². The van der Waals surface area contributed by atoms with Crippen LogP contribution in [0, 0.1) is 10.7 Å². The van der Waals surface area contributed by atoms with Gasteiger partial charge >= 0.3 is 0 Å². The molecule has 1 aromatic rings. The Kier molecular flexibility index (Phi) is 3.48. The molecule has 1 aliphatic rings. The van der Waals surface area contributed by atoms with Crippen LogP contribution in [0.5, 0.6) is 5.75 Å². The molecule has 1 heterocycles. The molecule has 18 heavy (non-hydrogen) atoms. The number of methoxy groups -OCH3 is 1. The maximum Gasteiger partial charge on any atom is 0.218 e. The van der Waals surface area contributed by atoms with E-state index in [-0.39, 0.29) is 5.54 Å². The highest BCUT2D eigenvalue weighted by molar-refractivity contribution is 8.03. The molecular weight excluding hydrogens is 248 g/mol. The van der Waals surface area contributed by atoms with E-state index in [0.717, 1.165) is 22.2 Å². The average Bonchev–Trinajstić information content (AvgIpc) is 2.70. The molecule has 0 aromatic heterocycles. The lowest BCUT2D eigenvalue weighted by atomic mass is 10.1.